The van der Waals surface area contributed by atoms with E-state index in [0.29, 0.717) is 24.8 Å². The van der Waals surface area contributed by atoms with Crippen LogP contribution in [0.15, 0.2) is 41.5 Å². The highest BCUT2D eigenvalue weighted by molar-refractivity contribution is 5.91. The smallest absolute Gasteiger partial charge is 0.289 e. The Labute approximate surface area is 128 Å². The maximum atomic E-state index is 12.6. The molecule has 3 heterocycles. The lowest BCUT2D eigenvalue weighted by Crippen LogP contribution is -2.52. The predicted molar refractivity (Wildman–Crippen MR) is 78.2 cm³/mol. The first-order valence-corrected chi connectivity index (χ1v) is 7.75. The molecule has 0 N–H and O–H groups in total. The van der Waals surface area contributed by atoms with Gasteiger partial charge in [0, 0.05) is 31.4 Å². The minimum absolute atomic E-state index is 0.0217. The Hall–Kier alpha value is -2.08. The predicted octanol–water partition coefficient (Wildman–Crippen LogP) is 1.80. The number of amides is 1. The van der Waals surface area contributed by atoms with Crippen LogP contribution in [0, 0.1) is 5.92 Å². The van der Waals surface area contributed by atoms with Gasteiger partial charge in [0.2, 0.25) is 0 Å². The van der Waals surface area contributed by atoms with E-state index < -0.39 is 0 Å². The van der Waals surface area contributed by atoms with Crippen LogP contribution < -0.4 is 0 Å². The molecule has 6 nitrogen and oxygen atoms in total. The van der Waals surface area contributed by atoms with E-state index in [9.17, 15) is 4.79 Å². The van der Waals surface area contributed by atoms with Crippen molar-refractivity contribution in [3.63, 3.8) is 0 Å². The number of morpholine rings is 1. The summed E-state index contributed by atoms with van der Waals surface area (Å²) in [6.07, 6.45) is 9.30. The number of furan rings is 1. The van der Waals surface area contributed by atoms with E-state index in [-0.39, 0.29) is 18.1 Å². The Bertz CT molecular complexity index is 623. The van der Waals surface area contributed by atoms with Crippen LogP contribution in [0.4, 0.5) is 0 Å². The van der Waals surface area contributed by atoms with Crippen LogP contribution in [0.2, 0.25) is 0 Å². The first kappa shape index (κ1) is 13.6. The normalized spacial score (nSPS) is 27.8. The average molecular weight is 301 g/mol. The van der Waals surface area contributed by atoms with Gasteiger partial charge in [0.15, 0.2) is 5.76 Å². The van der Waals surface area contributed by atoms with E-state index >= 15 is 0 Å². The molecule has 2 fully saturated rings. The second kappa shape index (κ2) is 5.61. The molecule has 1 aliphatic heterocycles. The molecule has 3 atom stereocenters. The number of rotatable bonds is 3. The minimum Gasteiger partial charge on any atom is -0.459 e. The van der Waals surface area contributed by atoms with Gasteiger partial charge in [-0.25, -0.2) is 4.98 Å². The monoisotopic (exact) mass is 301 g/mol. The van der Waals surface area contributed by atoms with E-state index in [1.54, 1.807) is 24.6 Å². The van der Waals surface area contributed by atoms with Crippen molar-refractivity contribution >= 4 is 5.91 Å². The zero-order valence-corrected chi connectivity index (χ0v) is 12.3. The topological polar surface area (TPSA) is 60.5 Å². The molecule has 1 amide bonds. The molecule has 22 heavy (non-hydrogen) atoms. The minimum atomic E-state index is -0.0217. The van der Waals surface area contributed by atoms with Gasteiger partial charge < -0.3 is 18.6 Å². The Balaban J connectivity index is 1.50. The molecule has 2 aromatic heterocycles. The van der Waals surface area contributed by atoms with Gasteiger partial charge in [-0.15, -0.1) is 0 Å². The summed E-state index contributed by atoms with van der Waals surface area (Å²) in [5.74, 6) is 0.816. The van der Waals surface area contributed by atoms with E-state index in [2.05, 4.69) is 9.55 Å². The highest BCUT2D eigenvalue weighted by atomic mass is 16.5. The lowest BCUT2D eigenvalue weighted by atomic mass is 10.0. The fourth-order valence-corrected chi connectivity index (χ4v) is 3.72. The van der Waals surface area contributed by atoms with Crippen LogP contribution in [0.25, 0.3) is 0 Å². The fourth-order valence-electron chi connectivity index (χ4n) is 3.72. The van der Waals surface area contributed by atoms with Crippen LogP contribution in [-0.4, -0.2) is 45.7 Å². The molecular formula is C16H19N3O3. The van der Waals surface area contributed by atoms with Crippen molar-refractivity contribution in [2.45, 2.75) is 31.5 Å². The molecule has 2 aromatic rings. The second-order valence-corrected chi connectivity index (χ2v) is 5.98. The third-order valence-electron chi connectivity index (χ3n) is 4.72. The quantitative estimate of drug-likeness (QED) is 0.867. The van der Waals surface area contributed by atoms with Crippen LogP contribution >= 0.6 is 0 Å². The lowest BCUT2D eigenvalue weighted by Gasteiger charge is -2.39. The summed E-state index contributed by atoms with van der Waals surface area (Å²) in [4.78, 5) is 18.6. The van der Waals surface area contributed by atoms with Crippen molar-refractivity contribution < 1.29 is 13.9 Å². The van der Waals surface area contributed by atoms with Crippen molar-refractivity contribution in [2.24, 2.45) is 5.92 Å². The van der Waals surface area contributed by atoms with Gasteiger partial charge in [0.25, 0.3) is 5.91 Å². The first-order chi connectivity index (χ1) is 10.8. The summed E-state index contributed by atoms with van der Waals surface area (Å²) in [5.41, 5.74) is 0. The molecular weight excluding hydrogens is 282 g/mol. The van der Waals surface area contributed by atoms with Gasteiger partial charge in [0.1, 0.15) is 0 Å². The molecule has 2 aliphatic rings. The van der Waals surface area contributed by atoms with Gasteiger partial charge in [-0.3, -0.25) is 4.79 Å². The van der Waals surface area contributed by atoms with Gasteiger partial charge in [-0.2, -0.15) is 0 Å². The zero-order chi connectivity index (χ0) is 14.9. The van der Waals surface area contributed by atoms with E-state index in [0.717, 1.165) is 19.4 Å². The number of carbonyl (C=O) groups excluding carboxylic acids is 1. The van der Waals surface area contributed by atoms with E-state index in [4.69, 9.17) is 9.15 Å². The average Bonchev–Trinajstić information content (AvgIpc) is 3.29. The largest absolute Gasteiger partial charge is 0.459 e. The number of ether oxygens (including phenoxy) is 1. The SMILES string of the molecule is O=C(c1ccco1)N1CCOC2C(Cn3ccnc3)CCC21. The third-order valence-corrected chi connectivity index (χ3v) is 4.72. The van der Waals surface area contributed by atoms with Crippen LogP contribution in [0.1, 0.15) is 23.4 Å². The van der Waals surface area contributed by atoms with Crippen molar-refractivity contribution in [2.75, 3.05) is 13.2 Å². The van der Waals surface area contributed by atoms with Gasteiger partial charge in [-0.1, -0.05) is 0 Å². The Kier molecular flexibility index (Phi) is 3.46. The fraction of sp³-hybridized carbons (Fsp3) is 0.500. The molecule has 0 radical (unpaired) electrons. The highest BCUT2D eigenvalue weighted by Gasteiger charge is 2.44. The molecule has 3 unspecified atom stereocenters. The number of aromatic nitrogens is 2. The maximum Gasteiger partial charge on any atom is 0.289 e. The van der Waals surface area contributed by atoms with Crippen molar-refractivity contribution in [1.82, 2.24) is 14.5 Å². The summed E-state index contributed by atoms with van der Waals surface area (Å²) >= 11 is 0. The standard InChI is InChI=1S/C16H19N3O3/c20-16(14-2-1-8-21-14)19-7-9-22-15-12(3-4-13(15)19)10-18-6-5-17-11-18/h1-2,5-6,8,11-13,15H,3-4,7,9-10H2. The summed E-state index contributed by atoms with van der Waals surface area (Å²) in [6, 6.07) is 3.63. The molecule has 0 bridgehead atoms. The van der Waals surface area contributed by atoms with Crippen LogP contribution in [0.5, 0.6) is 0 Å². The second-order valence-electron chi connectivity index (χ2n) is 5.98. The number of hydrogen-bond acceptors (Lipinski definition) is 4. The number of hydrogen-bond donors (Lipinski definition) is 0. The van der Waals surface area contributed by atoms with Crippen molar-refractivity contribution in [3.8, 4) is 0 Å². The molecule has 1 saturated heterocycles. The molecule has 4 rings (SSSR count). The summed E-state index contributed by atoms with van der Waals surface area (Å²) < 4.78 is 13.4. The molecule has 1 saturated carbocycles. The number of imidazole rings is 1. The number of fused-ring (bicyclic) bond motifs is 1. The number of carbonyl (C=O) groups is 1. The Morgan fingerprint density at radius 3 is 3.14 bits per heavy atom. The number of nitrogens with zero attached hydrogens (tertiary/aromatic N) is 3. The lowest BCUT2D eigenvalue weighted by molar-refractivity contribution is -0.0651. The summed E-state index contributed by atoms with van der Waals surface area (Å²) in [5, 5.41) is 0. The molecule has 0 aromatic carbocycles. The van der Waals surface area contributed by atoms with E-state index in [1.165, 1.54) is 0 Å². The van der Waals surface area contributed by atoms with Crippen LogP contribution in [0.3, 0.4) is 0 Å². The highest BCUT2D eigenvalue weighted by Crippen LogP contribution is 2.36. The molecule has 116 valence electrons. The van der Waals surface area contributed by atoms with Crippen molar-refractivity contribution in [3.05, 3.63) is 42.9 Å². The third kappa shape index (κ3) is 2.33. The summed E-state index contributed by atoms with van der Waals surface area (Å²) in [6.45, 7) is 2.12. The summed E-state index contributed by atoms with van der Waals surface area (Å²) in [7, 11) is 0. The van der Waals surface area contributed by atoms with Crippen LogP contribution in [-0.2, 0) is 11.3 Å². The van der Waals surface area contributed by atoms with E-state index in [1.807, 2.05) is 17.4 Å². The van der Waals surface area contributed by atoms with Gasteiger partial charge in [-0.05, 0) is 25.0 Å². The van der Waals surface area contributed by atoms with Crippen molar-refractivity contribution in [1.29, 1.82) is 0 Å². The molecule has 6 heteroatoms. The Morgan fingerprint density at radius 1 is 1.41 bits per heavy atom. The molecule has 0 spiro atoms. The maximum absolute atomic E-state index is 12.6. The first-order valence-electron chi connectivity index (χ1n) is 7.75. The van der Waals surface area contributed by atoms with Gasteiger partial charge in [0.05, 0.1) is 31.3 Å². The zero-order valence-electron chi connectivity index (χ0n) is 12.3. The molecule has 1 aliphatic carbocycles. The Morgan fingerprint density at radius 2 is 2.36 bits per heavy atom. The van der Waals surface area contributed by atoms with Gasteiger partial charge >= 0.3 is 0 Å².